The molecule has 0 aliphatic carbocycles. The number of carbonyl (C=O) groups excluding carboxylic acids is 1. The number of likely N-dealkylation sites (tertiary alicyclic amines) is 1. The fourth-order valence-corrected chi connectivity index (χ4v) is 5.04. The molecule has 1 aromatic carbocycles. The van der Waals surface area contributed by atoms with Crippen LogP contribution in [0.3, 0.4) is 0 Å². The van der Waals surface area contributed by atoms with Gasteiger partial charge in [0.15, 0.2) is 9.84 Å². The van der Waals surface area contributed by atoms with Crippen molar-refractivity contribution >= 4 is 21.4 Å². The van der Waals surface area contributed by atoms with Crippen molar-refractivity contribution in [3.63, 3.8) is 0 Å². The number of fused-ring (bicyclic) bond motifs is 2. The van der Waals surface area contributed by atoms with Crippen LogP contribution in [-0.2, 0) is 9.84 Å². The first-order chi connectivity index (χ1) is 9.38. The molecule has 2 aliphatic heterocycles. The molecule has 2 bridgehead atoms. The molecule has 20 heavy (non-hydrogen) atoms. The van der Waals surface area contributed by atoms with Crippen molar-refractivity contribution in [1.82, 2.24) is 4.90 Å². The largest absolute Gasteiger partial charge is 0.378 e. The zero-order valence-electron chi connectivity index (χ0n) is 11.6. The quantitative estimate of drug-likeness (QED) is 0.808. The second-order valence-electron chi connectivity index (χ2n) is 5.74. The zero-order valence-corrected chi connectivity index (χ0v) is 12.4. The van der Waals surface area contributed by atoms with E-state index in [1.54, 1.807) is 17.0 Å². The van der Waals surface area contributed by atoms with Gasteiger partial charge in [0.1, 0.15) is 0 Å². The normalized spacial score (nSPS) is 26.8. The number of benzene rings is 1. The van der Waals surface area contributed by atoms with Crippen LogP contribution in [0.15, 0.2) is 24.3 Å². The van der Waals surface area contributed by atoms with Crippen molar-refractivity contribution in [3.8, 4) is 0 Å². The van der Waals surface area contributed by atoms with Crippen molar-refractivity contribution in [3.05, 3.63) is 29.8 Å². The van der Waals surface area contributed by atoms with Gasteiger partial charge in [0.2, 0.25) is 0 Å². The van der Waals surface area contributed by atoms with Gasteiger partial charge in [-0.15, -0.1) is 0 Å². The first-order valence-electron chi connectivity index (χ1n) is 6.68. The molecule has 6 heteroatoms. The standard InChI is InChI=1S/C14H18N2O3S/c1-15(2)11-5-3-10(4-6-11)14(17)16-8-13-7-12(16)9-20(13,18)19/h3-6,12-13H,7-9H2,1-2H3. The molecule has 2 heterocycles. The first-order valence-corrected chi connectivity index (χ1v) is 8.40. The summed E-state index contributed by atoms with van der Waals surface area (Å²) >= 11 is 0. The van der Waals surface area contributed by atoms with Gasteiger partial charge in [0, 0.05) is 37.9 Å². The Balaban J connectivity index is 1.78. The maximum atomic E-state index is 12.4. The average Bonchev–Trinajstić information content (AvgIpc) is 2.93. The number of sulfone groups is 1. The maximum Gasteiger partial charge on any atom is 0.254 e. The summed E-state index contributed by atoms with van der Waals surface area (Å²) in [6.07, 6.45) is 0.601. The number of rotatable bonds is 2. The Morgan fingerprint density at radius 2 is 1.90 bits per heavy atom. The Hall–Kier alpha value is -1.56. The number of anilines is 1. The van der Waals surface area contributed by atoms with Crippen LogP contribution in [-0.4, -0.2) is 56.9 Å². The van der Waals surface area contributed by atoms with Crippen molar-refractivity contribution in [2.75, 3.05) is 31.3 Å². The van der Waals surface area contributed by atoms with E-state index in [1.165, 1.54) is 0 Å². The van der Waals surface area contributed by atoms with Crippen molar-refractivity contribution in [2.45, 2.75) is 17.7 Å². The Morgan fingerprint density at radius 1 is 1.25 bits per heavy atom. The molecule has 3 rings (SSSR count). The van der Waals surface area contributed by atoms with Crippen molar-refractivity contribution in [2.24, 2.45) is 0 Å². The molecule has 2 fully saturated rings. The molecule has 2 unspecified atom stereocenters. The molecule has 0 N–H and O–H groups in total. The SMILES string of the molecule is CN(C)c1ccc(C(=O)N2CC3CC2CS3(=O)=O)cc1. The highest BCUT2D eigenvalue weighted by molar-refractivity contribution is 7.92. The highest BCUT2D eigenvalue weighted by Gasteiger charge is 2.50. The summed E-state index contributed by atoms with van der Waals surface area (Å²) in [5, 5.41) is -0.350. The summed E-state index contributed by atoms with van der Waals surface area (Å²) in [5.41, 5.74) is 1.66. The van der Waals surface area contributed by atoms with Crippen LogP contribution < -0.4 is 4.90 Å². The molecule has 108 valence electrons. The van der Waals surface area contributed by atoms with Gasteiger partial charge >= 0.3 is 0 Å². The Kier molecular flexibility index (Phi) is 3.01. The van der Waals surface area contributed by atoms with Crippen molar-refractivity contribution < 1.29 is 13.2 Å². The molecular weight excluding hydrogens is 276 g/mol. The summed E-state index contributed by atoms with van der Waals surface area (Å²) in [7, 11) is 0.937. The van der Waals surface area contributed by atoms with Crippen LogP contribution in [0.2, 0.25) is 0 Å². The second kappa shape index (κ2) is 4.48. The number of hydrogen-bond acceptors (Lipinski definition) is 4. The highest BCUT2D eigenvalue weighted by Crippen LogP contribution is 2.33. The van der Waals surface area contributed by atoms with E-state index in [1.807, 2.05) is 31.1 Å². The van der Waals surface area contributed by atoms with Gasteiger partial charge in [-0.2, -0.15) is 0 Å². The lowest BCUT2D eigenvalue weighted by Crippen LogP contribution is -2.44. The van der Waals surface area contributed by atoms with E-state index < -0.39 is 9.84 Å². The molecule has 0 spiro atoms. The van der Waals surface area contributed by atoms with E-state index in [4.69, 9.17) is 0 Å². The third kappa shape index (κ3) is 2.08. The van der Waals surface area contributed by atoms with E-state index >= 15 is 0 Å². The number of amides is 1. The molecule has 1 amide bonds. The van der Waals surface area contributed by atoms with E-state index in [9.17, 15) is 13.2 Å². The lowest BCUT2D eigenvalue weighted by Gasteiger charge is -2.27. The number of hydrogen-bond donors (Lipinski definition) is 0. The van der Waals surface area contributed by atoms with Crippen LogP contribution in [0, 0.1) is 0 Å². The lowest BCUT2D eigenvalue weighted by atomic mass is 10.1. The minimum absolute atomic E-state index is 0.0577. The predicted octanol–water partition coefficient (Wildman–Crippen LogP) is 0.764. The Morgan fingerprint density at radius 3 is 2.35 bits per heavy atom. The van der Waals surface area contributed by atoms with Crippen LogP contribution >= 0.6 is 0 Å². The molecule has 0 radical (unpaired) electrons. The summed E-state index contributed by atoms with van der Waals surface area (Å²) in [6, 6.07) is 7.28. The summed E-state index contributed by atoms with van der Waals surface area (Å²) in [6.45, 7) is 0.348. The molecule has 2 aliphatic rings. The maximum absolute atomic E-state index is 12.4. The topological polar surface area (TPSA) is 57.7 Å². The Labute approximate surface area is 119 Å². The molecule has 0 saturated carbocycles. The summed E-state index contributed by atoms with van der Waals surface area (Å²) in [4.78, 5) is 16.1. The number of carbonyl (C=O) groups is 1. The van der Waals surface area contributed by atoms with Gasteiger partial charge in [-0.1, -0.05) is 0 Å². The van der Waals surface area contributed by atoms with Crippen LogP contribution in [0.5, 0.6) is 0 Å². The molecule has 0 aromatic heterocycles. The van der Waals surface area contributed by atoms with E-state index in [-0.39, 0.29) is 23.0 Å². The molecule has 1 aromatic rings. The molecule has 5 nitrogen and oxygen atoms in total. The minimum atomic E-state index is -2.95. The van der Waals surface area contributed by atoms with Crippen LogP contribution in [0.1, 0.15) is 16.8 Å². The van der Waals surface area contributed by atoms with Gasteiger partial charge in [-0.05, 0) is 30.7 Å². The minimum Gasteiger partial charge on any atom is -0.378 e. The lowest BCUT2D eigenvalue weighted by molar-refractivity contribution is 0.0746. The fourth-order valence-electron chi connectivity index (χ4n) is 3.01. The van der Waals surface area contributed by atoms with Gasteiger partial charge in [0.25, 0.3) is 5.91 Å². The second-order valence-corrected chi connectivity index (χ2v) is 8.07. The Bertz CT molecular complexity index is 637. The molecule has 2 saturated heterocycles. The van der Waals surface area contributed by atoms with Gasteiger partial charge in [0.05, 0.1) is 11.0 Å². The number of nitrogens with zero attached hydrogens (tertiary/aromatic N) is 2. The molecular formula is C14H18N2O3S. The van der Waals surface area contributed by atoms with Crippen molar-refractivity contribution in [1.29, 1.82) is 0 Å². The fraction of sp³-hybridized carbons (Fsp3) is 0.500. The predicted molar refractivity (Wildman–Crippen MR) is 77.8 cm³/mol. The monoisotopic (exact) mass is 294 g/mol. The third-order valence-electron chi connectivity index (χ3n) is 4.20. The zero-order chi connectivity index (χ0) is 14.5. The van der Waals surface area contributed by atoms with E-state index in [2.05, 4.69) is 0 Å². The first kappa shape index (κ1) is 13.4. The van der Waals surface area contributed by atoms with Gasteiger partial charge in [-0.3, -0.25) is 4.79 Å². The van der Waals surface area contributed by atoms with Gasteiger partial charge in [-0.25, -0.2) is 8.42 Å². The average molecular weight is 294 g/mol. The van der Waals surface area contributed by atoms with E-state index in [0.29, 0.717) is 18.5 Å². The summed E-state index contributed by atoms with van der Waals surface area (Å²) < 4.78 is 23.4. The van der Waals surface area contributed by atoms with Gasteiger partial charge < -0.3 is 9.80 Å². The van der Waals surface area contributed by atoms with Crippen LogP contribution in [0.25, 0.3) is 0 Å². The highest BCUT2D eigenvalue weighted by atomic mass is 32.2. The van der Waals surface area contributed by atoms with E-state index in [0.717, 1.165) is 5.69 Å². The summed E-state index contributed by atoms with van der Waals surface area (Å²) in [5.74, 6) is 0.0665. The molecule has 2 atom stereocenters. The van der Waals surface area contributed by atoms with Crippen LogP contribution in [0.4, 0.5) is 5.69 Å². The third-order valence-corrected chi connectivity index (χ3v) is 6.41. The smallest absolute Gasteiger partial charge is 0.254 e.